The van der Waals surface area contributed by atoms with E-state index in [4.69, 9.17) is 4.74 Å². The highest BCUT2D eigenvalue weighted by atomic mass is 19.2. The molecular weight excluding hydrogens is 319 g/mol. The first-order valence-corrected chi connectivity index (χ1v) is 7.90. The van der Waals surface area contributed by atoms with Crippen molar-refractivity contribution in [3.05, 3.63) is 72.0 Å². The van der Waals surface area contributed by atoms with Crippen LogP contribution in [0, 0.1) is 0 Å². The van der Waals surface area contributed by atoms with Crippen molar-refractivity contribution in [3.63, 3.8) is 0 Å². The van der Waals surface area contributed by atoms with Gasteiger partial charge >= 0.3 is 7.27 Å². The summed E-state index contributed by atoms with van der Waals surface area (Å²) < 4.78 is 33.0. The monoisotopic (exact) mass is 339 g/mol. The molecule has 0 unspecified atom stereocenters. The fraction of sp³-hybridized carbons (Fsp3) is 0.150. The first-order chi connectivity index (χ1) is 12.1. The van der Waals surface area contributed by atoms with Gasteiger partial charge in [0, 0.05) is 18.7 Å². The molecular formula is C20H20BF2NO. The number of allylic oxidation sites excluding steroid dienone is 3. The smallest absolute Gasteiger partial charge is 0.497 e. The van der Waals surface area contributed by atoms with Crippen molar-refractivity contribution < 1.29 is 13.4 Å². The van der Waals surface area contributed by atoms with E-state index in [-0.39, 0.29) is 5.46 Å². The van der Waals surface area contributed by atoms with Crippen LogP contribution in [-0.2, 0) is 4.74 Å². The third-order valence-corrected chi connectivity index (χ3v) is 3.82. The molecule has 128 valence electrons. The number of nitrogens with zero attached hydrogens (tertiary/aromatic N) is 1. The number of halogens is 2. The largest absolute Gasteiger partial charge is 0.573 e. The van der Waals surface area contributed by atoms with E-state index in [0.717, 1.165) is 5.56 Å². The van der Waals surface area contributed by atoms with Gasteiger partial charge in [0.15, 0.2) is 0 Å². The van der Waals surface area contributed by atoms with Crippen LogP contribution in [0.5, 0.6) is 0 Å². The van der Waals surface area contributed by atoms with Crippen molar-refractivity contribution in [2.45, 2.75) is 6.92 Å². The maximum atomic E-state index is 13.9. The van der Waals surface area contributed by atoms with E-state index in [1.807, 2.05) is 30.3 Å². The van der Waals surface area contributed by atoms with E-state index in [0.29, 0.717) is 22.5 Å². The van der Waals surface area contributed by atoms with Crippen LogP contribution < -0.4 is 5.46 Å². The van der Waals surface area contributed by atoms with Gasteiger partial charge in [-0.15, -0.1) is 0 Å². The lowest BCUT2D eigenvalue weighted by Crippen LogP contribution is -2.27. The lowest BCUT2D eigenvalue weighted by Gasteiger charge is -2.14. The molecule has 0 heterocycles. The summed E-state index contributed by atoms with van der Waals surface area (Å²) in [6, 6.07) is 14.5. The Morgan fingerprint density at radius 2 is 1.80 bits per heavy atom. The molecule has 0 fully saturated rings. The molecule has 2 nitrogen and oxygen atoms in total. The number of hydrogen-bond donors (Lipinski definition) is 0. The topological polar surface area (TPSA) is 21.6 Å². The van der Waals surface area contributed by atoms with Crippen molar-refractivity contribution in [2.24, 2.45) is 4.99 Å². The van der Waals surface area contributed by atoms with Crippen molar-refractivity contribution in [3.8, 4) is 11.1 Å². The van der Waals surface area contributed by atoms with Crippen molar-refractivity contribution >= 4 is 24.5 Å². The van der Waals surface area contributed by atoms with Gasteiger partial charge in [0.05, 0.1) is 7.11 Å². The second-order valence-corrected chi connectivity index (χ2v) is 5.44. The normalized spacial score (nSPS) is 12.5. The summed E-state index contributed by atoms with van der Waals surface area (Å²) >= 11 is 0. The summed E-state index contributed by atoms with van der Waals surface area (Å²) in [5.41, 5.74) is 2.55. The zero-order valence-corrected chi connectivity index (χ0v) is 14.5. The third kappa shape index (κ3) is 4.66. The molecule has 2 aromatic rings. The molecule has 0 atom stereocenters. The number of benzene rings is 2. The minimum atomic E-state index is -2.58. The molecule has 0 aliphatic rings. The molecule has 0 N–H and O–H groups in total. The van der Waals surface area contributed by atoms with Gasteiger partial charge in [-0.25, -0.2) is 0 Å². The molecule has 0 saturated carbocycles. The molecule has 0 saturated heterocycles. The quantitative estimate of drug-likeness (QED) is 0.326. The van der Waals surface area contributed by atoms with Gasteiger partial charge in [-0.3, -0.25) is 13.6 Å². The molecule has 0 bridgehead atoms. The Bertz CT molecular complexity index is 799. The highest BCUT2D eigenvalue weighted by molar-refractivity contribution is 6.63. The maximum Gasteiger partial charge on any atom is 0.573 e. The highest BCUT2D eigenvalue weighted by Crippen LogP contribution is 2.24. The highest BCUT2D eigenvalue weighted by Gasteiger charge is 2.25. The van der Waals surface area contributed by atoms with Crippen LogP contribution in [0.2, 0.25) is 0 Å². The average Bonchev–Trinajstić information content (AvgIpc) is 2.64. The summed E-state index contributed by atoms with van der Waals surface area (Å²) in [7, 11) is 0.605. The third-order valence-electron chi connectivity index (χ3n) is 3.82. The van der Waals surface area contributed by atoms with Gasteiger partial charge in [-0.2, -0.15) is 0 Å². The Balaban J connectivity index is 2.58. The van der Waals surface area contributed by atoms with Gasteiger partial charge in [0.1, 0.15) is 5.76 Å². The lowest BCUT2D eigenvalue weighted by atomic mass is 9.75. The fourth-order valence-electron chi connectivity index (χ4n) is 2.63. The Hall–Kier alpha value is -2.69. The van der Waals surface area contributed by atoms with Crippen molar-refractivity contribution in [1.82, 2.24) is 0 Å². The summed E-state index contributed by atoms with van der Waals surface area (Å²) in [5.74, 6) is 0.549. The number of rotatable bonds is 6. The van der Waals surface area contributed by atoms with E-state index < -0.39 is 7.27 Å². The number of methoxy groups -OCH3 is 1. The minimum Gasteiger partial charge on any atom is -0.497 e. The van der Waals surface area contributed by atoms with Crippen LogP contribution in [0.4, 0.5) is 8.63 Å². The lowest BCUT2D eigenvalue weighted by molar-refractivity contribution is 0.308. The summed E-state index contributed by atoms with van der Waals surface area (Å²) in [6.07, 6.45) is 5.02. The van der Waals surface area contributed by atoms with E-state index in [9.17, 15) is 8.63 Å². The molecule has 2 rings (SSSR count). The number of ether oxygens (including phenoxy) is 1. The molecule has 0 spiro atoms. The second-order valence-electron chi connectivity index (χ2n) is 5.44. The summed E-state index contributed by atoms with van der Waals surface area (Å²) in [6.45, 7) is 1.80. The van der Waals surface area contributed by atoms with Gasteiger partial charge < -0.3 is 4.74 Å². The Morgan fingerprint density at radius 1 is 1.08 bits per heavy atom. The van der Waals surface area contributed by atoms with Crippen LogP contribution >= 0.6 is 0 Å². The van der Waals surface area contributed by atoms with E-state index in [1.54, 1.807) is 50.5 Å². The molecule has 0 radical (unpaired) electrons. The van der Waals surface area contributed by atoms with Gasteiger partial charge in [-0.05, 0) is 41.3 Å². The fourth-order valence-corrected chi connectivity index (χ4v) is 2.63. The predicted octanol–water partition coefficient (Wildman–Crippen LogP) is 4.62. The van der Waals surface area contributed by atoms with Gasteiger partial charge in [-0.1, -0.05) is 48.5 Å². The summed E-state index contributed by atoms with van der Waals surface area (Å²) in [4.78, 5) is 3.87. The van der Waals surface area contributed by atoms with Gasteiger partial charge in [0.25, 0.3) is 0 Å². The first-order valence-electron chi connectivity index (χ1n) is 7.90. The minimum absolute atomic E-state index is 0.0297. The van der Waals surface area contributed by atoms with E-state index in [2.05, 4.69) is 4.99 Å². The van der Waals surface area contributed by atoms with Crippen LogP contribution in [0.3, 0.4) is 0 Å². The Kier molecular flexibility index (Phi) is 6.69. The molecule has 0 aliphatic carbocycles. The van der Waals surface area contributed by atoms with Crippen molar-refractivity contribution in [1.29, 1.82) is 0 Å². The molecule has 0 amide bonds. The maximum absolute atomic E-state index is 13.9. The van der Waals surface area contributed by atoms with Crippen molar-refractivity contribution in [2.75, 3.05) is 14.2 Å². The Morgan fingerprint density at radius 3 is 2.40 bits per heavy atom. The van der Waals surface area contributed by atoms with Crippen LogP contribution in [0.25, 0.3) is 16.7 Å². The molecule has 2 aromatic carbocycles. The SMILES string of the molecule is C/N=C/C=C(\C=C(/C)c1cccc(-c2ccccc2)c1B(F)F)OC. The molecule has 5 heteroatoms. The molecule has 0 aromatic heterocycles. The van der Waals surface area contributed by atoms with E-state index in [1.165, 1.54) is 7.11 Å². The average molecular weight is 339 g/mol. The Labute approximate surface area is 147 Å². The van der Waals surface area contributed by atoms with E-state index >= 15 is 0 Å². The zero-order valence-electron chi connectivity index (χ0n) is 14.5. The number of hydrogen-bond acceptors (Lipinski definition) is 2. The van der Waals surface area contributed by atoms with Crippen LogP contribution in [-0.4, -0.2) is 27.6 Å². The molecule has 0 aliphatic heterocycles. The van der Waals surface area contributed by atoms with Crippen LogP contribution in [0.15, 0.2) is 71.4 Å². The zero-order chi connectivity index (χ0) is 18.2. The second kappa shape index (κ2) is 8.97. The molecule has 25 heavy (non-hydrogen) atoms. The number of aliphatic imine (C=N–C) groups is 1. The first kappa shape index (κ1) is 18.7. The summed E-state index contributed by atoms with van der Waals surface area (Å²) in [5, 5.41) is 0. The van der Waals surface area contributed by atoms with Gasteiger partial charge in [0.2, 0.25) is 0 Å². The van der Waals surface area contributed by atoms with Crippen LogP contribution in [0.1, 0.15) is 12.5 Å². The standard InChI is InChI=1S/C20H20BF2NO/c1-15(14-17(25-3)12-13-24-2)18-10-7-11-19(20(18)21(22)23)16-8-5-4-6-9-16/h4-14H,1-3H3/b15-14+,17-12+,24-13+. The predicted molar refractivity (Wildman–Crippen MR) is 103 cm³/mol.